The fraction of sp³-hybridized carbons (Fsp3) is 0.0769. The predicted molar refractivity (Wildman–Crippen MR) is 121 cm³/mol. The number of hydrogen-bond donors (Lipinski definition) is 0. The van der Waals surface area contributed by atoms with Crippen LogP contribution in [0.2, 0.25) is 0 Å². The van der Waals surface area contributed by atoms with Gasteiger partial charge in [0.25, 0.3) is 0 Å². The summed E-state index contributed by atoms with van der Waals surface area (Å²) < 4.78 is 7.25. The van der Waals surface area contributed by atoms with E-state index in [4.69, 9.17) is 14.8 Å². The highest BCUT2D eigenvalue weighted by molar-refractivity contribution is 5.97. The van der Waals surface area contributed by atoms with Gasteiger partial charge in [-0.2, -0.15) is 5.10 Å². The third-order valence-electron chi connectivity index (χ3n) is 5.28. The fourth-order valence-electron chi connectivity index (χ4n) is 3.79. The van der Waals surface area contributed by atoms with Gasteiger partial charge >= 0.3 is 0 Å². The predicted octanol–water partition coefficient (Wildman–Crippen LogP) is 6.07. The summed E-state index contributed by atoms with van der Waals surface area (Å²) >= 11 is 0. The van der Waals surface area contributed by atoms with Crippen molar-refractivity contribution < 1.29 is 4.74 Å². The molecule has 0 bridgehead atoms. The van der Waals surface area contributed by atoms with Crippen molar-refractivity contribution in [2.45, 2.75) is 6.92 Å². The number of aryl methyl sites for hydroxylation is 1. The van der Waals surface area contributed by atoms with Crippen LogP contribution in [0.5, 0.6) is 5.75 Å². The fourth-order valence-corrected chi connectivity index (χ4v) is 3.79. The second-order valence-electron chi connectivity index (χ2n) is 7.18. The summed E-state index contributed by atoms with van der Waals surface area (Å²) in [6, 6.07) is 30.7. The van der Waals surface area contributed by atoms with Gasteiger partial charge in [-0.1, -0.05) is 48.5 Å². The topological polar surface area (TPSA) is 39.9 Å². The van der Waals surface area contributed by atoms with Crippen LogP contribution in [0.4, 0.5) is 0 Å². The number of aromatic nitrogens is 3. The molecule has 0 aliphatic carbocycles. The lowest BCUT2D eigenvalue weighted by Gasteiger charge is -2.10. The Morgan fingerprint density at radius 3 is 2.10 bits per heavy atom. The lowest BCUT2D eigenvalue weighted by Crippen LogP contribution is -1.98. The van der Waals surface area contributed by atoms with E-state index in [9.17, 15) is 0 Å². The van der Waals surface area contributed by atoms with Crippen LogP contribution in [-0.4, -0.2) is 21.9 Å². The number of fused-ring (bicyclic) bond motifs is 1. The number of para-hydroxylation sites is 1. The maximum Gasteiger partial charge on any atom is 0.164 e. The molecule has 3 aromatic carbocycles. The van der Waals surface area contributed by atoms with Crippen LogP contribution in [0.3, 0.4) is 0 Å². The van der Waals surface area contributed by atoms with Crippen LogP contribution in [-0.2, 0) is 0 Å². The number of benzene rings is 3. The van der Waals surface area contributed by atoms with E-state index in [1.54, 1.807) is 7.11 Å². The van der Waals surface area contributed by atoms with Crippen molar-refractivity contribution in [2.24, 2.45) is 0 Å². The number of ether oxygens (including phenoxy) is 1. The molecular formula is C26H21N3O. The van der Waals surface area contributed by atoms with Crippen molar-refractivity contribution in [1.29, 1.82) is 0 Å². The van der Waals surface area contributed by atoms with Gasteiger partial charge in [0.2, 0.25) is 0 Å². The Morgan fingerprint density at radius 1 is 0.767 bits per heavy atom. The van der Waals surface area contributed by atoms with E-state index in [-0.39, 0.29) is 0 Å². The van der Waals surface area contributed by atoms with Gasteiger partial charge in [-0.3, -0.25) is 0 Å². The lowest BCUT2D eigenvalue weighted by atomic mass is 9.99. The molecule has 0 saturated heterocycles. The number of hydrogen-bond acceptors (Lipinski definition) is 3. The van der Waals surface area contributed by atoms with Gasteiger partial charge in [0.15, 0.2) is 5.65 Å². The van der Waals surface area contributed by atoms with Crippen LogP contribution in [0.1, 0.15) is 5.69 Å². The monoisotopic (exact) mass is 391 g/mol. The lowest BCUT2D eigenvalue weighted by molar-refractivity contribution is 0.415. The van der Waals surface area contributed by atoms with Gasteiger partial charge in [-0.15, -0.1) is 0 Å². The number of methoxy groups -OCH3 is 1. The molecule has 4 nitrogen and oxygen atoms in total. The Morgan fingerprint density at radius 2 is 1.43 bits per heavy atom. The standard InChI is InChI=1S/C26H21N3O/c1-18-25-23(19-9-5-3-6-10-19)17-24(20-13-15-22(30-2)16-14-20)27-26(25)29(28-18)21-11-7-4-8-12-21/h3-17H,1-2H3. The highest BCUT2D eigenvalue weighted by Crippen LogP contribution is 2.35. The van der Waals surface area contributed by atoms with E-state index < -0.39 is 0 Å². The zero-order valence-electron chi connectivity index (χ0n) is 16.9. The second-order valence-corrected chi connectivity index (χ2v) is 7.18. The molecule has 30 heavy (non-hydrogen) atoms. The average Bonchev–Trinajstić information content (AvgIpc) is 3.16. The van der Waals surface area contributed by atoms with Crippen molar-refractivity contribution >= 4 is 11.0 Å². The first kappa shape index (κ1) is 18.1. The first-order valence-corrected chi connectivity index (χ1v) is 9.90. The summed E-state index contributed by atoms with van der Waals surface area (Å²) in [6.45, 7) is 2.04. The van der Waals surface area contributed by atoms with Gasteiger partial charge in [0.05, 0.1) is 29.6 Å². The number of rotatable bonds is 4. The number of pyridine rings is 1. The van der Waals surface area contributed by atoms with Crippen molar-refractivity contribution in [2.75, 3.05) is 7.11 Å². The minimum absolute atomic E-state index is 0.827. The molecule has 2 heterocycles. The molecule has 0 fully saturated rings. The molecule has 4 heteroatoms. The van der Waals surface area contributed by atoms with Crippen molar-refractivity contribution in [3.8, 4) is 33.8 Å². The molecule has 0 N–H and O–H groups in total. The minimum atomic E-state index is 0.827. The van der Waals surface area contributed by atoms with E-state index in [1.807, 2.05) is 60.1 Å². The molecule has 146 valence electrons. The third kappa shape index (κ3) is 3.12. The molecular weight excluding hydrogens is 370 g/mol. The molecule has 0 saturated carbocycles. The van der Waals surface area contributed by atoms with Gasteiger partial charge in [0.1, 0.15) is 5.75 Å². The van der Waals surface area contributed by atoms with Gasteiger partial charge in [-0.25, -0.2) is 9.67 Å². The molecule has 5 rings (SSSR count). The van der Waals surface area contributed by atoms with Crippen molar-refractivity contribution in [3.05, 3.63) is 96.7 Å². The van der Waals surface area contributed by atoms with Gasteiger partial charge in [0, 0.05) is 5.56 Å². The van der Waals surface area contributed by atoms with Crippen LogP contribution in [0, 0.1) is 6.92 Å². The highest BCUT2D eigenvalue weighted by atomic mass is 16.5. The third-order valence-corrected chi connectivity index (χ3v) is 5.28. The Labute approximate surface area is 175 Å². The van der Waals surface area contributed by atoms with Gasteiger partial charge in [-0.05, 0) is 60.5 Å². The Kier molecular flexibility index (Phi) is 4.52. The smallest absolute Gasteiger partial charge is 0.164 e. The molecule has 5 aromatic rings. The molecule has 0 atom stereocenters. The number of nitrogens with zero attached hydrogens (tertiary/aromatic N) is 3. The minimum Gasteiger partial charge on any atom is -0.497 e. The maximum atomic E-state index is 5.31. The van der Waals surface area contributed by atoms with E-state index in [0.29, 0.717) is 0 Å². The molecule has 0 unspecified atom stereocenters. The van der Waals surface area contributed by atoms with Gasteiger partial charge < -0.3 is 4.74 Å². The summed E-state index contributed by atoms with van der Waals surface area (Å²) in [6.07, 6.45) is 0. The molecule has 0 radical (unpaired) electrons. The summed E-state index contributed by atoms with van der Waals surface area (Å²) in [5.41, 5.74) is 7.03. The van der Waals surface area contributed by atoms with E-state index in [2.05, 4.69) is 42.5 Å². The molecule has 0 aliphatic heterocycles. The summed E-state index contributed by atoms with van der Waals surface area (Å²) in [5, 5.41) is 5.91. The van der Waals surface area contributed by atoms with Crippen molar-refractivity contribution in [1.82, 2.24) is 14.8 Å². The van der Waals surface area contributed by atoms with Crippen molar-refractivity contribution in [3.63, 3.8) is 0 Å². The Bertz CT molecular complexity index is 1310. The normalized spacial score (nSPS) is 11.0. The van der Waals surface area contributed by atoms with Crippen LogP contribution < -0.4 is 4.74 Å². The maximum absolute atomic E-state index is 5.31. The highest BCUT2D eigenvalue weighted by Gasteiger charge is 2.18. The molecule has 0 amide bonds. The largest absolute Gasteiger partial charge is 0.497 e. The molecule has 2 aromatic heterocycles. The van der Waals surface area contributed by atoms with Crippen LogP contribution >= 0.6 is 0 Å². The summed E-state index contributed by atoms with van der Waals surface area (Å²) in [4.78, 5) is 5.04. The average molecular weight is 391 g/mol. The molecule has 0 aliphatic rings. The summed E-state index contributed by atoms with van der Waals surface area (Å²) in [5.74, 6) is 0.827. The second kappa shape index (κ2) is 7.48. The van der Waals surface area contributed by atoms with E-state index in [0.717, 1.165) is 50.5 Å². The first-order chi connectivity index (χ1) is 14.7. The SMILES string of the molecule is COc1ccc(-c2cc(-c3ccccc3)c3c(C)nn(-c4ccccc4)c3n2)cc1. The zero-order valence-corrected chi connectivity index (χ0v) is 16.9. The van der Waals surface area contributed by atoms with Crippen LogP contribution in [0.25, 0.3) is 39.1 Å². The quantitative estimate of drug-likeness (QED) is 0.373. The van der Waals surface area contributed by atoms with E-state index >= 15 is 0 Å². The Hall–Kier alpha value is -3.92. The molecule has 0 spiro atoms. The van der Waals surface area contributed by atoms with E-state index in [1.165, 1.54) is 0 Å². The Balaban J connectivity index is 1.81. The van der Waals surface area contributed by atoms with Crippen LogP contribution in [0.15, 0.2) is 91.0 Å². The summed E-state index contributed by atoms with van der Waals surface area (Å²) in [7, 11) is 1.67. The zero-order chi connectivity index (χ0) is 20.5. The first-order valence-electron chi connectivity index (χ1n) is 9.90.